The molecule has 0 saturated carbocycles. The third kappa shape index (κ3) is 6.60. The maximum absolute atomic E-state index is 11.0. The Morgan fingerprint density at radius 2 is 1.72 bits per heavy atom. The molecule has 98 valence electrons. The Balaban J connectivity index is 2.71. The third-order valence-corrected chi connectivity index (χ3v) is 3.62. The van der Waals surface area contributed by atoms with Gasteiger partial charge in [-0.2, -0.15) is 0 Å². The lowest BCUT2D eigenvalue weighted by molar-refractivity contribution is 0.587. The summed E-state index contributed by atoms with van der Waals surface area (Å²) in [4.78, 5) is 0. The van der Waals surface area contributed by atoms with Crippen molar-refractivity contribution in [3.63, 3.8) is 0 Å². The summed E-state index contributed by atoms with van der Waals surface area (Å²) in [6.07, 6.45) is 1.15. The van der Waals surface area contributed by atoms with Gasteiger partial charge in [-0.25, -0.2) is 13.1 Å². The molecule has 0 unspecified atom stereocenters. The minimum Gasteiger partial charge on any atom is -0.213 e. The van der Waals surface area contributed by atoms with Crippen LogP contribution in [0.3, 0.4) is 0 Å². The zero-order valence-electron chi connectivity index (χ0n) is 11.2. The van der Waals surface area contributed by atoms with Crippen molar-refractivity contribution in [2.75, 3.05) is 6.26 Å². The van der Waals surface area contributed by atoms with E-state index in [0.29, 0.717) is 6.54 Å². The maximum atomic E-state index is 11.0. The van der Waals surface area contributed by atoms with Gasteiger partial charge in [-0.1, -0.05) is 37.7 Å². The summed E-state index contributed by atoms with van der Waals surface area (Å²) in [5, 5.41) is 0. The Bertz CT molecular complexity index is 560. The molecule has 1 aromatic carbocycles. The van der Waals surface area contributed by atoms with Crippen molar-refractivity contribution in [3.8, 4) is 11.5 Å². The van der Waals surface area contributed by atoms with Gasteiger partial charge in [-0.15, -0.1) is 5.54 Å². The molecule has 0 bridgehead atoms. The molecular formula is C13H19NO2SSi. The highest BCUT2D eigenvalue weighted by Crippen LogP contribution is 2.04. The standard InChI is InChI=1S/C13H19NO2SSi/c1-17(15,16)14-11-13-7-5-12(6-8-13)9-10-18(2,3)4/h5-8,14H,11H2,1-4H3. The van der Waals surface area contributed by atoms with Crippen molar-refractivity contribution in [3.05, 3.63) is 35.4 Å². The summed E-state index contributed by atoms with van der Waals surface area (Å²) >= 11 is 0. The van der Waals surface area contributed by atoms with E-state index in [9.17, 15) is 8.42 Å². The van der Waals surface area contributed by atoms with Crippen molar-refractivity contribution >= 4 is 18.1 Å². The SMILES string of the molecule is C[Si](C)(C)C#Cc1ccc(CNS(C)(=O)=O)cc1. The van der Waals surface area contributed by atoms with Gasteiger partial charge >= 0.3 is 0 Å². The molecule has 1 rings (SSSR count). The first-order chi connectivity index (χ1) is 8.16. The molecule has 3 nitrogen and oxygen atoms in total. The van der Waals surface area contributed by atoms with Gasteiger partial charge in [0.15, 0.2) is 0 Å². The van der Waals surface area contributed by atoms with E-state index in [4.69, 9.17) is 0 Å². The number of nitrogens with one attached hydrogen (secondary N) is 1. The van der Waals surface area contributed by atoms with Crippen LogP contribution in [0.2, 0.25) is 19.6 Å². The van der Waals surface area contributed by atoms with Gasteiger partial charge in [0.05, 0.1) is 6.26 Å². The minimum atomic E-state index is -3.13. The second-order valence-electron chi connectivity index (χ2n) is 5.29. The van der Waals surface area contributed by atoms with Crippen LogP contribution >= 0.6 is 0 Å². The van der Waals surface area contributed by atoms with Gasteiger partial charge in [0.1, 0.15) is 8.07 Å². The Labute approximate surface area is 111 Å². The summed E-state index contributed by atoms with van der Waals surface area (Å²) < 4.78 is 24.4. The summed E-state index contributed by atoms with van der Waals surface area (Å²) in [7, 11) is -4.48. The van der Waals surface area contributed by atoms with Gasteiger partial charge in [-0.05, 0) is 17.7 Å². The number of rotatable bonds is 3. The predicted octanol–water partition coefficient (Wildman–Crippen LogP) is 1.96. The van der Waals surface area contributed by atoms with Crippen molar-refractivity contribution in [1.82, 2.24) is 4.72 Å². The van der Waals surface area contributed by atoms with Gasteiger partial charge in [0.2, 0.25) is 10.0 Å². The third-order valence-electron chi connectivity index (χ3n) is 2.07. The molecule has 0 atom stereocenters. The first kappa shape index (κ1) is 15.0. The van der Waals surface area contributed by atoms with Crippen LogP contribution in [0.25, 0.3) is 0 Å². The van der Waals surface area contributed by atoms with Crippen molar-refractivity contribution < 1.29 is 8.42 Å². The fourth-order valence-electron chi connectivity index (χ4n) is 1.18. The van der Waals surface area contributed by atoms with E-state index in [0.717, 1.165) is 17.4 Å². The van der Waals surface area contributed by atoms with E-state index in [1.54, 1.807) is 0 Å². The first-order valence-corrected chi connectivity index (χ1v) is 11.1. The molecule has 0 aliphatic carbocycles. The van der Waals surface area contributed by atoms with E-state index in [-0.39, 0.29) is 0 Å². The maximum Gasteiger partial charge on any atom is 0.209 e. The van der Waals surface area contributed by atoms with Crippen LogP contribution in [0.15, 0.2) is 24.3 Å². The minimum absolute atomic E-state index is 0.320. The quantitative estimate of drug-likeness (QED) is 0.680. The highest BCUT2D eigenvalue weighted by molar-refractivity contribution is 7.88. The van der Waals surface area contributed by atoms with Gasteiger partial charge in [0.25, 0.3) is 0 Å². The lowest BCUT2D eigenvalue weighted by Crippen LogP contribution is -2.21. The topological polar surface area (TPSA) is 46.2 Å². The predicted molar refractivity (Wildman–Crippen MR) is 78.3 cm³/mol. The second-order valence-corrected chi connectivity index (χ2v) is 11.9. The Morgan fingerprint density at radius 1 is 1.17 bits per heavy atom. The zero-order chi connectivity index (χ0) is 13.8. The van der Waals surface area contributed by atoms with Crippen LogP contribution in [0.5, 0.6) is 0 Å². The molecule has 0 aliphatic heterocycles. The number of hydrogen-bond acceptors (Lipinski definition) is 2. The molecule has 0 radical (unpaired) electrons. The van der Waals surface area contributed by atoms with Crippen molar-refractivity contribution in [1.29, 1.82) is 0 Å². The second kappa shape index (κ2) is 5.70. The molecule has 5 heteroatoms. The molecule has 1 N–H and O–H groups in total. The van der Waals surface area contributed by atoms with Crippen LogP contribution in [0.1, 0.15) is 11.1 Å². The zero-order valence-corrected chi connectivity index (χ0v) is 13.1. The molecular weight excluding hydrogens is 262 g/mol. The lowest BCUT2D eigenvalue weighted by Gasteiger charge is -2.04. The molecule has 0 aromatic heterocycles. The van der Waals surface area contributed by atoms with E-state index >= 15 is 0 Å². The average molecular weight is 281 g/mol. The summed E-state index contributed by atoms with van der Waals surface area (Å²) in [6, 6.07) is 7.64. The molecule has 0 saturated heterocycles. The van der Waals surface area contributed by atoms with E-state index < -0.39 is 18.1 Å². The van der Waals surface area contributed by atoms with Crippen LogP contribution in [0.4, 0.5) is 0 Å². The van der Waals surface area contributed by atoms with Crippen LogP contribution in [-0.4, -0.2) is 22.7 Å². The average Bonchev–Trinajstić information content (AvgIpc) is 2.23. The monoisotopic (exact) mass is 281 g/mol. The van der Waals surface area contributed by atoms with Gasteiger partial charge < -0.3 is 0 Å². The highest BCUT2D eigenvalue weighted by Gasteiger charge is 2.07. The van der Waals surface area contributed by atoms with Gasteiger partial charge in [0, 0.05) is 12.1 Å². The fourth-order valence-corrected chi connectivity index (χ4v) is 2.13. The molecule has 0 amide bonds. The Hall–Kier alpha value is -1.09. The Morgan fingerprint density at radius 3 is 2.17 bits per heavy atom. The normalized spacial score (nSPS) is 11.8. The van der Waals surface area contributed by atoms with Crippen molar-refractivity contribution in [2.24, 2.45) is 0 Å². The molecule has 0 heterocycles. The molecule has 18 heavy (non-hydrogen) atoms. The summed E-state index contributed by atoms with van der Waals surface area (Å²) in [5.41, 5.74) is 5.19. The van der Waals surface area contributed by atoms with Crippen LogP contribution < -0.4 is 4.72 Å². The van der Waals surface area contributed by atoms with E-state index in [1.807, 2.05) is 24.3 Å². The number of hydrogen-bond donors (Lipinski definition) is 1. The lowest BCUT2D eigenvalue weighted by atomic mass is 10.1. The van der Waals surface area contributed by atoms with Crippen LogP contribution in [-0.2, 0) is 16.6 Å². The molecule has 0 spiro atoms. The van der Waals surface area contributed by atoms with E-state index in [1.165, 1.54) is 0 Å². The highest BCUT2D eigenvalue weighted by atomic mass is 32.2. The van der Waals surface area contributed by atoms with Gasteiger partial charge in [-0.3, -0.25) is 0 Å². The smallest absolute Gasteiger partial charge is 0.209 e. The molecule has 0 fully saturated rings. The Kier molecular flexibility index (Phi) is 4.74. The largest absolute Gasteiger partial charge is 0.213 e. The van der Waals surface area contributed by atoms with Crippen molar-refractivity contribution in [2.45, 2.75) is 26.2 Å². The van der Waals surface area contributed by atoms with E-state index in [2.05, 4.69) is 35.8 Å². The van der Waals surface area contributed by atoms with Crippen LogP contribution in [0, 0.1) is 11.5 Å². The fraction of sp³-hybridized carbons (Fsp3) is 0.385. The molecule has 0 aliphatic rings. The summed E-state index contributed by atoms with van der Waals surface area (Å²) in [6.45, 7) is 6.92. The number of sulfonamides is 1. The summed E-state index contributed by atoms with van der Waals surface area (Å²) in [5.74, 6) is 3.16. The molecule has 1 aromatic rings. The first-order valence-electron chi connectivity index (χ1n) is 5.72. The number of benzene rings is 1.